The second-order valence-electron chi connectivity index (χ2n) is 7.10. The van der Waals surface area contributed by atoms with Crippen molar-refractivity contribution >= 4 is 5.91 Å². The van der Waals surface area contributed by atoms with Gasteiger partial charge in [0.2, 0.25) is 5.91 Å². The first-order valence-corrected chi connectivity index (χ1v) is 9.06. The molecule has 0 spiro atoms. The van der Waals surface area contributed by atoms with Crippen LogP contribution in [-0.4, -0.2) is 49.2 Å². The third kappa shape index (κ3) is 3.72. The Morgan fingerprint density at radius 1 is 1.09 bits per heavy atom. The molecule has 2 fully saturated rings. The standard InChI is InChI=1S/C18H30N2O2/c21-17(16-7-3-4-8-16)19-15-18(9-5-1-2-6-10-18)20-11-13-22-14-12-20/h3-4,16H,1-2,5-15H2,(H,19,21). The molecule has 1 heterocycles. The fourth-order valence-corrected chi connectivity index (χ4v) is 4.26. The van der Waals surface area contributed by atoms with Crippen LogP contribution in [0.3, 0.4) is 0 Å². The number of hydrogen-bond donors (Lipinski definition) is 1. The number of amides is 1. The molecule has 3 aliphatic rings. The molecule has 124 valence electrons. The maximum atomic E-state index is 12.4. The monoisotopic (exact) mass is 306 g/mol. The zero-order valence-corrected chi connectivity index (χ0v) is 13.7. The number of nitrogens with zero attached hydrogens (tertiary/aromatic N) is 1. The Morgan fingerprint density at radius 3 is 2.36 bits per heavy atom. The van der Waals surface area contributed by atoms with E-state index in [2.05, 4.69) is 22.4 Å². The van der Waals surface area contributed by atoms with E-state index >= 15 is 0 Å². The highest BCUT2D eigenvalue weighted by Crippen LogP contribution is 2.33. The first-order valence-electron chi connectivity index (χ1n) is 9.06. The maximum absolute atomic E-state index is 12.4. The molecule has 1 saturated carbocycles. The van der Waals surface area contributed by atoms with Crippen molar-refractivity contribution in [1.82, 2.24) is 10.2 Å². The largest absolute Gasteiger partial charge is 0.379 e. The van der Waals surface area contributed by atoms with E-state index in [4.69, 9.17) is 4.74 Å². The predicted molar refractivity (Wildman–Crippen MR) is 87.7 cm³/mol. The third-order valence-corrected chi connectivity index (χ3v) is 5.69. The highest BCUT2D eigenvalue weighted by Gasteiger charge is 2.38. The Balaban J connectivity index is 1.63. The smallest absolute Gasteiger partial charge is 0.223 e. The van der Waals surface area contributed by atoms with Crippen molar-refractivity contribution in [3.05, 3.63) is 12.2 Å². The summed E-state index contributed by atoms with van der Waals surface area (Å²) >= 11 is 0. The van der Waals surface area contributed by atoms with E-state index in [1.807, 2.05) is 0 Å². The molecule has 0 atom stereocenters. The minimum absolute atomic E-state index is 0.169. The quantitative estimate of drug-likeness (QED) is 0.641. The summed E-state index contributed by atoms with van der Waals surface area (Å²) in [5.74, 6) is 0.425. The number of rotatable bonds is 4. The molecule has 3 rings (SSSR count). The first-order chi connectivity index (χ1) is 10.8. The molecular formula is C18H30N2O2. The molecule has 0 aromatic heterocycles. The van der Waals surface area contributed by atoms with Crippen molar-refractivity contribution in [3.8, 4) is 0 Å². The molecule has 0 aromatic carbocycles. The third-order valence-electron chi connectivity index (χ3n) is 5.69. The maximum Gasteiger partial charge on any atom is 0.223 e. The van der Waals surface area contributed by atoms with Gasteiger partial charge in [-0.05, 0) is 25.7 Å². The van der Waals surface area contributed by atoms with E-state index in [0.717, 1.165) is 45.7 Å². The molecule has 0 aromatic rings. The predicted octanol–water partition coefficient (Wildman–Crippen LogP) is 2.49. The van der Waals surface area contributed by atoms with E-state index in [9.17, 15) is 4.79 Å². The normalized spacial score (nSPS) is 26.7. The Labute approximate surface area is 134 Å². The van der Waals surface area contributed by atoms with E-state index in [0.29, 0.717) is 0 Å². The van der Waals surface area contributed by atoms with Crippen molar-refractivity contribution in [2.45, 2.75) is 56.9 Å². The van der Waals surface area contributed by atoms with Crippen molar-refractivity contribution in [3.63, 3.8) is 0 Å². The summed E-state index contributed by atoms with van der Waals surface area (Å²) in [5, 5.41) is 3.30. The van der Waals surface area contributed by atoms with Crippen molar-refractivity contribution < 1.29 is 9.53 Å². The van der Waals surface area contributed by atoms with E-state index in [-0.39, 0.29) is 17.4 Å². The van der Waals surface area contributed by atoms with Crippen LogP contribution in [0.2, 0.25) is 0 Å². The van der Waals surface area contributed by atoms with Gasteiger partial charge >= 0.3 is 0 Å². The van der Waals surface area contributed by atoms with Gasteiger partial charge in [-0.2, -0.15) is 0 Å². The van der Waals surface area contributed by atoms with Crippen LogP contribution in [0, 0.1) is 5.92 Å². The molecule has 1 N–H and O–H groups in total. The van der Waals surface area contributed by atoms with E-state index in [1.54, 1.807) is 0 Å². The molecule has 4 nitrogen and oxygen atoms in total. The topological polar surface area (TPSA) is 41.6 Å². The number of nitrogens with one attached hydrogen (secondary N) is 1. The average Bonchev–Trinajstić information content (AvgIpc) is 3.00. The lowest BCUT2D eigenvalue weighted by molar-refractivity contribution is -0.125. The van der Waals surface area contributed by atoms with Gasteiger partial charge in [-0.25, -0.2) is 0 Å². The molecule has 22 heavy (non-hydrogen) atoms. The summed E-state index contributed by atoms with van der Waals surface area (Å²) in [6.07, 6.45) is 13.8. The minimum atomic E-state index is 0.169. The molecule has 2 aliphatic carbocycles. The van der Waals surface area contributed by atoms with Gasteiger partial charge in [-0.1, -0.05) is 37.8 Å². The molecule has 1 saturated heterocycles. The van der Waals surface area contributed by atoms with Crippen LogP contribution in [0.15, 0.2) is 12.2 Å². The van der Waals surface area contributed by atoms with Crippen molar-refractivity contribution in [2.75, 3.05) is 32.8 Å². The number of morpholine rings is 1. The summed E-state index contributed by atoms with van der Waals surface area (Å²) in [6.45, 7) is 4.52. The molecule has 1 amide bonds. The highest BCUT2D eigenvalue weighted by molar-refractivity contribution is 5.79. The van der Waals surface area contributed by atoms with Gasteiger partial charge < -0.3 is 10.1 Å². The Bertz CT molecular complexity index is 386. The number of ether oxygens (including phenoxy) is 1. The zero-order valence-electron chi connectivity index (χ0n) is 13.7. The summed E-state index contributed by atoms with van der Waals surface area (Å²) in [6, 6.07) is 0. The van der Waals surface area contributed by atoms with Crippen LogP contribution in [0.5, 0.6) is 0 Å². The zero-order chi connectivity index (χ0) is 15.3. The SMILES string of the molecule is O=C(NCC1(N2CCOCC2)CCCCCC1)C1CC=CC1. The summed E-state index contributed by atoms with van der Waals surface area (Å²) in [5.41, 5.74) is 0.169. The Kier molecular flexibility index (Phi) is 5.53. The molecule has 0 radical (unpaired) electrons. The Morgan fingerprint density at radius 2 is 1.73 bits per heavy atom. The fraction of sp³-hybridized carbons (Fsp3) is 0.833. The first kappa shape index (κ1) is 16.0. The van der Waals surface area contributed by atoms with Gasteiger partial charge in [0.05, 0.1) is 13.2 Å². The molecule has 0 unspecified atom stereocenters. The van der Waals surface area contributed by atoms with E-state index in [1.165, 1.54) is 38.5 Å². The van der Waals surface area contributed by atoms with Gasteiger partial charge in [0.1, 0.15) is 0 Å². The second kappa shape index (κ2) is 7.60. The van der Waals surface area contributed by atoms with Crippen LogP contribution < -0.4 is 5.32 Å². The second-order valence-corrected chi connectivity index (χ2v) is 7.10. The summed E-state index contributed by atoms with van der Waals surface area (Å²) in [7, 11) is 0. The minimum Gasteiger partial charge on any atom is -0.379 e. The summed E-state index contributed by atoms with van der Waals surface area (Å²) < 4.78 is 5.54. The van der Waals surface area contributed by atoms with Crippen LogP contribution in [-0.2, 0) is 9.53 Å². The molecular weight excluding hydrogens is 276 g/mol. The lowest BCUT2D eigenvalue weighted by Crippen LogP contribution is -2.59. The average molecular weight is 306 g/mol. The van der Waals surface area contributed by atoms with Crippen LogP contribution >= 0.6 is 0 Å². The van der Waals surface area contributed by atoms with Gasteiger partial charge in [-0.15, -0.1) is 0 Å². The van der Waals surface area contributed by atoms with Gasteiger partial charge in [0, 0.05) is 31.1 Å². The van der Waals surface area contributed by atoms with Crippen LogP contribution in [0.25, 0.3) is 0 Å². The number of carbonyl (C=O) groups is 1. The van der Waals surface area contributed by atoms with Crippen LogP contribution in [0.4, 0.5) is 0 Å². The number of hydrogen-bond acceptors (Lipinski definition) is 3. The van der Waals surface area contributed by atoms with Crippen molar-refractivity contribution in [2.24, 2.45) is 5.92 Å². The van der Waals surface area contributed by atoms with Gasteiger partial charge in [0.25, 0.3) is 0 Å². The molecule has 1 aliphatic heterocycles. The van der Waals surface area contributed by atoms with Crippen LogP contribution in [0.1, 0.15) is 51.4 Å². The number of allylic oxidation sites excluding steroid dienone is 2. The Hall–Kier alpha value is -0.870. The van der Waals surface area contributed by atoms with E-state index < -0.39 is 0 Å². The lowest BCUT2D eigenvalue weighted by atomic mass is 9.87. The lowest BCUT2D eigenvalue weighted by Gasteiger charge is -2.46. The molecule has 0 bridgehead atoms. The van der Waals surface area contributed by atoms with Crippen molar-refractivity contribution in [1.29, 1.82) is 0 Å². The summed E-state index contributed by atoms with van der Waals surface area (Å²) in [4.78, 5) is 15.0. The van der Waals surface area contributed by atoms with Gasteiger partial charge in [-0.3, -0.25) is 9.69 Å². The molecule has 4 heteroatoms. The van der Waals surface area contributed by atoms with Gasteiger partial charge in [0.15, 0.2) is 0 Å². The fourth-order valence-electron chi connectivity index (χ4n) is 4.26. The highest BCUT2D eigenvalue weighted by atomic mass is 16.5. The number of carbonyl (C=O) groups excluding carboxylic acids is 1.